The highest BCUT2D eigenvalue weighted by Crippen LogP contribution is 2.59. The zero-order chi connectivity index (χ0) is 23.3. The number of thioether (sulfide) groups is 2. The van der Waals surface area contributed by atoms with Gasteiger partial charge in [-0.2, -0.15) is 0 Å². The van der Waals surface area contributed by atoms with E-state index in [0.29, 0.717) is 17.2 Å². The first-order chi connectivity index (χ1) is 15.3. The fourth-order valence-corrected chi connectivity index (χ4v) is 7.02. The average Bonchev–Trinajstić information content (AvgIpc) is 2.86. The van der Waals surface area contributed by atoms with E-state index in [9.17, 15) is 13.9 Å². The molecule has 1 aliphatic rings. The summed E-state index contributed by atoms with van der Waals surface area (Å²) >= 11 is 2.91. The third-order valence-electron chi connectivity index (χ3n) is 5.70. The molecule has 1 aliphatic heterocycles. The Morgan fingerprint density at radius 3 is 2.56 bits per heavy atom. The fraction of sp³-hybridized carbons (Fsp3) is 0.435. The average molecular weight is 497 g/mol. The lowest BCUT2D eigenvalue weighted by atomic mass is 10.1. The monoisotopic (exact) mass is 496 g/mol. The summed E-state index contributed by atoms with van der Waals surface area (Å²) in [7, 11) is -1.41. The number of carboxylic acid groups (broad SMARTS) is 1. The van der Waals surface area contributed by atoms with Crippen LogP contribution in [0.1, 0.15) is 31.7 Å². The van der Waals surface area contributed by atoms with Crippen molar-refractivity contribution in [1.29, 1.82) is 0 Å². The summed E-state index contributed by atoms with van der Waals surface area (Å²) in [6.07, 6.45) is 4.92. The van der Waals surface area contributed by atoms with Crippen LogP contribution in [-0.4, -0.2) is 56.1 Å². The van der Waals surface area contributed by atoms with Crippen LogP contribution in [0, 0.1) is 0 Å². The number of carboxylic acids is 1. The quantitative estimate of drug-likeness (QED) is 0.344. The molecule has 2 aromatic carbocycles. The molecule has 0 saturated carbocycles. The number of unbranched alkanes of at least 4 members (excludes halogenated alkanes) is 1. The molecule has 0 aliphatic carbocycles. The number of para-hydroxylation sites is 1. The minimum atomic E-state index is -3.21. The molecular weight excluding hydrogens is 464 g/mol. The van der Waals surface area contributed by atoms with Crippen LogP contribution in [0.25, 0.3) is 0 Å². The molecule has 0 bridgehead atoms. The lowest BCUT2D eigenvalue weighted by Crippen LogP contribution is -2.39. The molecular formula is C23H32N2O4S3. The maximum absolute atomic E-state index is 11.4. The molecule has 2 aromatic rings. The van der Waals surface area contributed by atoms with E-state index in [1.165, 1.54) is 11.8 Å². The first kappa shape index (κ1) is 25.3. The highest BCUT2D eigenvalue weighted by atomic mass is 32.3. The number of hydrogen-bond donors (Lipinski definition) is 3. The van der Waals surface area contributed by atoms with E-state index in [2.05, 4.69) is 11.8 Å². The molecule has 0 aromatic heterocycles. The fourth-order valence-electron chi connectivity index (χ4n) is 3.93. The van der Waals surface area contributed by atoms with E-state index >= 15 is 0 Å². The summed E-state index contributed by atoms with van der Waals surface area (Å²) in [5.41, 5.74) is 2.75. The standard InChI is InChI=1S/C23H32N2O4S3/c1-4-5-9-19-14-25(18-10-7-6-8-11-18)20-13-21(30-3)17(15-31-16-23(26)27)12-22(20)32(28,29)24(19)2/h6-8,10-13,19,28-29H,4-5,9,14-16H2,1-3H3,(H,26,27). The van der Waals surface area contributed by atoms with Crippen molar-refractivity contribution in [3.8, 4) is 0 Å². The zero-order valence-electron chi connectivity index (χ0n) is 18.7. The second-order valence-corrected chi connectivity index (χ2v) is 11.7. The topological polar surface area (TPSA) is 84.2 Å². The Kier molecular flexibility index (Phi) is 8.82. The van der Waals surface area contributed by atoms with Crippen LogP contribution in [0.3, 0.4) is 0 Å². The van der Waals surface area contributed by atoms with Gasteiger partial charge in [0.15, 0.2) is 0 Å². The predicted molar refractivity (Wildman–Crippen MR) is 138 cm³/mol. The Morgan fingerprint density at radius 2 is 1.94 bits per heavy atom. The summed E-state index contributed by atoms with van der Waals surface area (Å²) in [5, 5.41) is 9.01. The van der Waals surface area contributed by atoms with Crippen LogP contribution in [0.4, 0.5) is 11.4 Å². The molecule has 32 heavy (non-hydrogen) atoms. The summed E-state index contributed by atoms with van der Waals surface area (Å²) in [6.45, 7) is 2.80. The molecule has 9 heteroatoms. The van der Waals surface area contributed by atoms with E-state index in [4.69, 9.17) is 5.11 Å². The maximum atomic E-state index is 11.4. The number of nitrogens with zero attached hydrogens (tertiary/aromatic N) is 2. The third-order valence-corrected chi connectivity index (χ3v) is 9.50. The van der Waals surface area contributed by atoms with Gasteiger partial charge in [-0.15, -0.1) is 34.3 Å². The van der Waals surface area contributed by atoms with E-state index in [0.717, 1.165) is 41.1 Å². The summed E-state index contributed by atoms with van der Waals surface area (Å²) in [6, 6.07) is 14.0. The molecule has 0 spiro atoms. The number of carbonyl (C=O) groups is 1. The van der Waals surface area contributed by atoms with Gasteiger partial charge in [0.2, 0.25) is 0 Å². The molecule has 3 rings (SSSR count). The number of fused-ring (bicyclic) bond motifs is 1. The van der Waals surface area contributed by atoms with Crippen molar-refractivity contribution >= 4 is 51.6 Å². The highest BCUT2D eigenvalue weighted by molar-refractivity contribution is 8.22. The van der Waals surface area contributed by atoms with Gasteiger partial charge in [0.1, 0.15) is 0 Å². The lowest BCUT2D eigenvalue weighted by molar-refractivity contribution is -0.133. The highest BCUT2D eigenvalue weighted by Gasteiger charge is 2.37. The first-order valence-corrected chi connectivity index (χ1v) is 14.5. The number of hydrogen-bond acceptors (Lipinski definition) is 7. The van der Waals surface area contributed by atoms with Crippen LogP contribution in [0.2, 0.25) is 0 Å². The number of aliphatic carboxylic acids is 1. The van der Waals surface area contributed by atoms with E-state index < -0.39 is 16.7 Å². The zero-order valence-corrected chi connectivity index (χ0v) is 21.2. The van der Waals surface area contributed by atoms with Crippen LogP contribution >= 0.6 is 34.3 Å². The molecule has 0 fully saturated rings. The number of anilines is 2. The molecule has 0 radical (unpaired) electrons. The Labute approximate surface area is 200 Å². The lowest BCUT2D eigenvalue weighted by Gasteiger charge is -2.43. The Bertz CT molecular complexity index is 927. The van der Waals surface area contributed by atoms with E-state index in [-0.39, 0.29) is 11.8 Å². The van der Waals surface area contributed by atoms with Gasteiger partial charge in [-0.25, -0.2) is 4.31 Å². The van der Waals surface area contributed by atoms with Crippen LogP contribution < -0.4 is 4.90 Å². The second-order valence-electron chi connectivity index (χ2n) is 7.83. The number of likely N-dealkylation sites (N-methyl/N-ethyl adjacent to an activating group) is 1. The van der Waals surface area contributed by atoms with Gasteiger partial charge in [-0.3, -0.25) is 13.9 Å². The van der Waals surface area contributed by atoms with Crippen molar-refractivity contribution in [3.05, 3.63) is 48.0 Å². The van der Waals surface area contributed by atoms with Crippen LogP contribution in [0.5, 0.6) is 0 Å². The molecule has 6 nitrogen and oxygen atoms in total. The van der Waals surface area contributed by atoms with Crippen molar-refractivity contribution in [2.45, 2.75) is 47.8 Å². The van der Waals surface area contributed by atoms with Gasteiger partial charge in [-0.05, 0) is 42.5 Å². The SMILES string of the molecule is CCCCC1CN(c2ccccc2)c2cc(SC)c(CSCC(=O)O)cc2S(O)(O)N1C. The molecule has 0 amide bonds. The maximum Gasteiger partial charge on any atom is 0.313 e. The Hall–Kier alpha value is -1.36. The third kappa shape index (κ3) is 5.58. The van der Waals surface area contributed by atoms with E-state index in [1.54, 1.807) is 23.1 Å². The Morgan fingerprint density at radius 1 is 1.22 bits per heavy atom. The first-order valence-electron chi connectivity index (χ1n) is 10.6. The number of benzene rings is 2. The van der Waals surface area contributed by atoms with Crippen molar-refractivity contribution in [1.82, 2.24) is 4.31 Å². The van der Waals surface area contributed by atoms with Gasteiger partial charge >= 0.3 is 5.97 Å². The minimum absolute atomic E-state index is 0.0102. The van der Waals surface area contributed by atoms with Crippen molar-refractivity contribution in [2.75, 3.05) is 30.5 Å². The molecule has 1 heterocycles. The summed E-state index contributed by atoms with van der Waals surface area (Å²) in [5.74, 6) is -0.343. The molecule has 176 valence electrons. The molecule has 1 unspecified atom stereocenters. The van der Waals surface area contributed by atoms with Gasteiger partial charge in [0.05, 0.1) is 16.3 Å². The van der Waals surface area contributed by atoms with Crippen molar-refractivity contribution in [3.63, 3.8) is 0 Å². The predicted octanol–water partition coefficient (Wildman–Crippen LogP) is 6.39. The molecule has 3 N–H and O–H groups in total. The van der Waals surface area contributed by atoms with Gasteiger partial charge in [0, 0.05) is 36.0 Å². The summed E-state index contributed by atoms with van der Waals surface area (Å²) in [4.78, 5) is 14.7. The summed E-state index contributed by atoms with van der Waals surface area (Å²) < 4.78 is 24.6. The normalized spacial score (nSPS) is 19.3. The van der Waals surface area contributed by atoms with Gasteiger partial charge in [-0.1, -0.05) is 38.0 Å². The van der Waals surface area contributed by atoms with Gasteiger partial charge < -0.3 is 10.0 Å². The van der Waals surface area contributed by atoms with Gasteiger partial charge in [0.25, 0.3) is 0 Å². The van der Waals surface area contributed by atoms with E-state index in [1.807, 2.05) is 48.7 Å². The van der Waals surface area contributed by atoms with Crippen molar-refractivity contribution in [2.24, 2.45) is 0 Å². The largest absolute Gasteiger partial charge is 0.481 e. The number of rotatable bonds is 9. The second kappa shape index (κ2) is 11.2. The minimum Gasteiger partial charge on any atom is -0.481 e. The van der Waals surface area contributed by atoms with Crippen LogP contribution in [-0.2, 0) is 10.5 Å². The van der Waals surface area contributed by atoms with Crippen LogP contribution in [0.15, 0.2) is 52.3 Å². The smallest absolute Gasteiger partial charge is 0.313 e. The molecule has 0 saturated heterocycles. The Balaban J connectivity index is 2.13. The molecule has 1 atom stereocenters. The van der Waals surface area contributed by atoms with Crippen molar-refractivity contribution < 1.29 is 19.0 Å².